The molecule has 1 heterocycles. The second kappa shape index (κ2) is 9.06. The van der Waals surface area contributed by atoms with Crippen LogP contribution in [0.4, 0.5) is 13.2 Å². The highest BCUT2D eigenvalue weighted by Gasteiger charge is 2.40. The number of rotatable bonds is 5. The van der Waals surface area contributed by atoms with Crippen LogP contribution in [0.2, 0.25) is 5.02 Å². The number of hydrogen-bond donors (Lipinski definition) is 0. The highest BCUT2D eigenvalue weighted by molar-refractivity contribution is 6.32. The summed E-state index contributed by atoms with van der Waals surface area (Å²) in [6.45, 7) is 5.53. The molecular formula is C26H20ClF3O4. The zero-order valence-corrected chi connectivity index (χ0v) is 19.3. The summed E-state index contributed by atoms with van der Waals surface area (Å²) in [5.74, 6) is -2.14. The van der Waals surface area contributed by atoms with Crippen molar-refractivity contribution in [1.29, 1.82) is 0 Å². The van der Waals surface area contributed by atoms with Gasteiger partial charge in [-0.05, 0) is 61.7 Å². The van der Waals surface area contributed by atoms with E-state index in [2.05, 4.69) is 0 Å². The largest absolute Gasteiger partial charge is 0.489 e. The Labute approximate surface area is 198 Å². The number of fused-ring (bicyclic) bond motifs is 1. The summed E-state index contributed by atoms with van der Waals surface area (Å²) in [7, 11) is 0. The van der Waals surface area contributed by atoms with Gasteiger partial charge in [-0.15, -0.1) is 0 Å². The fourth-order valence-corrected chi connectivity index (χ4v) is 3.69. The van der Waals surface area contributed by atoms with Gasteiger partial charge < -0.3 is 13.9 Å². The molecule has 0 aliphatic rings. The second-order valence-corrected chi connectivity index (χ2v) is 8.37. The summed E-state index contributed by atoms with van der Waals surface area (Å²) >= 11 is 6.13. The molecule has 0 aliphatic heterocycles. The molecule has 0 saturated carbocycles. The topological polar surface area (TPSA) is 48.7 Å². The van der Waals surface area contributed by atoms with Gasteiger partial charge in [-0.1, -0.05) is 41.4 Å². The third-order valence-electron chi connectivity index (χ3n) is 5.20. The van der Waals surface area contributed by atoms with Crippen LogP contribution in [0.3, 0.4) is 0 Å². The van der Waals surface area contributed by atoms with E-state index in [4.69, 9.17) is 25.5 Å². The standard InChI is InChI=1S/C26H20ClF3O4/c1-14-5-4-6-17(9-14)13-32-18-7-8-20-21(12-18)34-25(26(28,29)30)24(23(20)31)33-19-10-15(2)22(27)16(3)11-19/h4-12H,13H2,1-3H3. The maximum Gasteiger partial charge on any atom is 0.453 e. The van der Waals surface area contributed by atoms with E-state index < -0.39 is 23.1 Å². The predicted octanol–water partition coefficient (Wildman–Crippen LogP) is 7.76. The third kappa shape index (κ3) is 4.89. The summed E-state index contributed by atoms with van der Waals surface area (Å²) < 4.78 is 57.7. The molecule has 0 amide bonds. The van der Waals surface area contributed by atoms with Crippen molar-refractivity contribution >= 4 is 22.6 Å². The Bertz CT molecular complexity index is 1420. The molecule has 0 saturated heterocycles. The van der Waals surface area contributed by atoms with Gasteiger partial charge in [0.15, 0.2) is 0 Å². The molecule has 4 rings (SSSR count). The third-order valence-corrected chi connectivity index (χ3v) is 5.79. The molecule has 0 unspecified atom stereocenters. The molecular weight excluding hydrogens is 469 g/mol. The van der Waals surface area contributed by atoms with E-state index in [1.807, 2.05) is 31.2 Å². The minimum Gasteiger partial charge on any atom is -0.489 e. The smallest absolute Gasteiger partial charge is 0.453 e. The first-order valence-electron chi connectivity index (χ1n) is 10.3. The molecule has 4 aromatic rings. The minimum atomic E-state index is -4.96. The van der Waals surface area contributed by atoms with Crippen LogP contribution < -0.4 is 14.9 Å². The first-order valence-corrected chi connectivity index (χ1v) is 10.7. The molecule has 4 nitrogen and oxygen atoms in total. The van der Waals surface area contributed by atoms with E-state index in [0.717, 1.165) is 11.1 Å². The Morgan fingerprint density at radius 3 is 2.29 bits per heavy atom. The summed E-state index contributed by atoms with van der Waals surface area (Å²) in [5, 5.41) is 0.403. The molecule has 0 bridgehead atoms. The van der Waals surface area contributed by atoms with Crippen molar-refractivity contribution in [2.75, 3.05) is 0 Å². The quantitative estimate of drug-likeness (QED) is 0.288. The van der Waals surface area contributed by atoms with Gasteiger partial charge in [0.05, 0.1) is 5.39 Å². The first kappa shape index (κ1) is 23.7. The molecule has 0 fully saturated rings. The lowest BCUT2D eigenvalue weighted by Crippen LogP contribution is -2.15. The molecule has 34 heavy (non-hydrogen) atoms. The summed E-state index contributed by atoms with van der Waals surface area (Å²) in [4.78, 5) is 13.0. The van der Waals surface area contributed by atoms with Crippen LogP contribution in [0, 0.1) is 20.8 Å². The fraction of sp³-hybridized carbons (Fsp3) is 0.192. The zero-order valence-electron chi connectivity index (χ0n) is 18.5. The average Bonchev–Trinajstić information content (AvgIpc) is 2.77. The van der Waals surface area contributed by atoms with E-state index in [1.54, 1.807) is 13.8 Å². The zero-order chi connectivity index (χ0) is 24.6. The Morgan fingerprint density at radius 2 is 1.65 bits per heavy atom. The average molecular weight is 489 g/mol. The van der Waals surface area contributed by atoms with Crippen LogP contribution in [0.25, 0.3) is 11.0 Å². The number of benzene rings is 3. The number of alkyl halides is 3. The highest BCUT2D eigenvalue weighted by atomic mass is 35.5. The van der Waals surface area contributed by atoms with Crippen LogP contribution in [0.1, 0.15) is 28.0 Å². The molecule has 0 radical (unpaired) electrons. The molecule has 176 valence electrons. The molecule has 1 aromatic heterocycles. The number of ether oxygens (including phenoxy) is 2. The molecule has 0 N–H and O–H groups in total. The lowest BCUT2D eigenvalue weighted by atomic mass is 10.1. The van der Waals surface area contributed by atoms with Gasteiger partial charge in [0.25, 0.3) is 5.76 Å². The van der Waals surface area contributed by atoms with E-state index >= 15 is 0 Å². The molecule has 0 atom stereocenters. The van der Waals surface area contributed by atoms with E-state index in [9.17, 15) is 18.0 Å². The van der Waals surface area contributed by atoms with Crippen molar-refractivity contribution in [2.24, 2.45) is 0 Å². The molecule has 8 heteroatoms. The maximum absolute atomic E-state index is 13.8. The molecule has 0 spiro atoms. The van der Waals surface area contributed by atoms with Crippen LogP contribution in [-0.4, -0.2) is 0 Å². The first-order chi connectivity index (χ1) is 16.0. The number of halogens is 4. The Kier molecular flexibility index (Phi) is 6.32. The Morgan fingerprint density at radius 1 is 0.941 bits per heavy atom. The Balaban J connectivity index is 1.74. The lowest BCUT2D eigenvalue weighted by molar-refractivity contribution is -0.154. The van der Waals surface area contributed by atoms with Gasteiger partial charge in [0.1, 0.15) is 23.7 Å². The van der Waals surface area contributed by atoms with E-state index in [1.165, 1.54) is 30.3 Å². The van der Waals surface area contributed by atoms with Crippen LogP contribution in [-0.2, 0) is 12.8 Å². The summed E-state index contributed by atoms with van der Waals surface area (Å²) in [6.07, 6.45) is -4.96. The van der Waals surface area contributed by atoms with Gasteiger partial charge in [-0.25, -0.2) is 0 Å². The van der Waals surface area contributed by atoms with Crippen LogP contribution >= 0.6 is 11.6 Å². The van der Waals surface area contributed by atoms with Crippen molar-refractivity contribution in [2.45, 2.75) is 33.6 Å². The van der Waals surface area contributed by atoms with E-state index in [0.29, 0.717) is 16.1 Å². The van der Waals surface area contributed by atoms with Crippen LogP contribution in [0.5, 0.6) is 17.2 Å². The van der Waals surface area contributed by atoms with Crippen molar-refractivity contribution in [1.82, 2.24) is 0 Å². The monoisotopic (exact) mass is 488 g/mol. The summed E-state index contributed by atoms with van der Waals surface area (Å²) in [6, 6.07) is 14.7. The lowest BCUT2D eigenvalue weighted by Gasteiger charge is -2.15. The van der Waals surface area contributed by atoms with Crippen molar-refractivity contribution in [3.63, 3.8) is 0 Å². The summed E-state index contributed by atoms with van der Waals surface area (Å²) in [5.41, 5.74) is 1.96. The van der Waals surface area contributed by atoms with Crippen molar-refractivity contribution in [3.8, 4) is 17.2 Å². The van der Waals surface area contributed by atoms with Crippen LogP contribution in [0.15, 0.2) is 63.8 Å². The Hall–Kier alpha value is -3.45. The number of aryl methyl sites for hydroxylation is 3. The van der Waals surface area contributed by atoms with Gasteiger partial charge in [-0.2, -0.15) is 13.2 Å². The van der Waals surface area contributed by atoms with Gasteiger partial charge in [-0.3, -0.25) is 4.79 Å². The van der Waals surface area contributed by atoms with Gasteiger partial charge in [0, 0.05) is 11.1 Å². The van der Waals surface area contributed by atoms with Crippen molar-refractivity contribution in [3.05, 3.63) is 97.9 Å². The van der Waals surface area contributed by atoms with Crippen molar-refractivity contribution < 1.29 is 27.1 Å². The van der Waals surface area contributed by atoms with E-state index in [-0.39, 0.29) is 29.1 Å². The second-order valence-electron chi connectivity index (χ2n) is 8.00. The maximum atomic E-state index is 13.8. The fourth-order valence-electron chi connectivity index (χ4n) is 3.58. The molecule has 0 aliphatic carbocycles. The normalized spacial score (nSPS) is 11.6. The minimum absolute atomic E-state index is 0.0506. The SMILES string of the molecule is Cc1cccc(COc2ccc3c(=O)c(Oc4cc(C)c(Cl)c(C)c4)c(C(F)(F)F)oc3c2)c1. The highest BCUT2D eigenvalue weighted by Crippen LogP contribution is 2.39. The predicted molar refractivity (Wildman–Crippen MR) is 124 cm³/mol. The number of hydrogen-bond acceptors (Lipinski definition) is 4. The molecule has 3 aromatic carbocycles. The van der Waals surface area contributed by atoms with Gasteiger partial charge in [0.2, 0.25) is 11.2 Å². The van der Waals surface area contributed by atoms with Gasteiger partial charge >= 0.3 is 6.18 Å².